The Morgan fingerprint density at radius 3 is 2.27 bits per heavy atom. The lowest BCUT2D eigenvalue weighted by atomic mass is 10.2. The van der Waals surface area contributed by atoms with Crippen molar-refractivity contribution in [1.29, 1.82) is 0 Å². The molecule has 0 aromatic carbocycles. The van der Waals surface area contributed by atoms with Crippen molar-refractivity contribution in [2.45, 2.75) is 33.6 Å². The molecule has 0 nitrogen and oxygen atoms in total. The Morgan fingerprint density at radius 1 is 1.18 bits per heavy atom. The number of rotatable bonds is 4. The third-order valence-corrected chi connectivity index (χ3v) is 1.29. The van der Waals surface area contributed by atoms with E-state index in [-0.39, 0.29) is 0 Å². The lowest BCUT2D eigenvalue weighted by Gasteiger charge is -1.89. The predicted molar refractivity (Wildman–Crippen MR) is 52.6 cm³/mol. The number of hydrogen-bond acceptors (Lipinski definition) is 0. The van der Waals surface area contributed by atoms with Crippen molar-refractivity contribution in [2.24, 2.45) is 0 Å². The van der Waals surface area contributed by atoms with E-state index in [0.29, 0.717) is 0 Å². The molecule has 11 heavy (non-hydrogen) atoms. The van der Waals surface area contributed by atoms with Crippen LogP contribution in [-0.4, -0.2) is 0 Å². The first kappa shape index (κ1) is 10.2. The quantitative estimate of drug-likeness (QED) is 0.324. The summed E-state index contributed by atoms with van der Waals surface area (Å²) in [6, 6.07) is 0. The summed E-state index contributed by atoms with van der Waals surface area (Å²) in [7, 11) is 0. The fourth-order valence-electron chi connectivity index (χ4n) is 0.753. The van der Waals surface area contributed by atoms with Crippen molar-refractivity contribution in [3.63, 3.8) is 0 Å². The van der Waals surface area contributed by atoms with Crippen LogP contribution in [0, 0.1) is 0 Å². The number of unbranched alkanes of at least 4 members (excludes halogenated alkanes) is 1. The minimum atomic E-state index is 1.12. The van der Waals surface area contributed by atoms with Crippen molar-refractivity contribution in [3.8, 4) is 0 Å². The fraction of sp³-hybridized carbons (Fsp3) is 0.455. The van der Waals surface area contributed by atoms with Gasteiger partial charge in [-0.05, 0) is 33.6 Å². The smallest absolute Gasteiger partial charge is 0.0313 e. The molecule has 0 aliphatic rings. The summed E-state index contributed by atoms with van der Waals surface area (Å²) in [5, 5.41) is 0. The normalized spacial score (nSPS) is 10.1. The lowest BCUT2D eigenvalue weighted by molar-refractivity contribution is 1.03. The molecule has 0 bridgehead atoms. The Morgan fingerprint density at radius 2 is 1.82 bits per heavy atom. The van der Waals surface area contributed by atoms with Crippen LogP contribution in [0.4, 0.5) is 0 Å². The van der Waals surface area contributed by atoms with E-state index in [1.165, 1.54) is 5.57 Å². The zero-order chi connectivity index (χ0) is 8.69. The van der Waals surface area contributed by atoms with Crippen LogP contribution in [0.15, 0.2) is 36.0 Å². The molecule has 0 aromatic rings. The standard InChI is InChI=1S/C11H18/c1-10(2)8-6-5-7-9-11(3)4/h6,8-9H,1,5,7H2,2-4H3. The molecule has 0 amide bonds. The largest absolute Gasteiger partial charge is 0.0961 e. The van der Waals surface area contributed by atoms with E-state index in [1.54, 1.807) is 0 Å². The van der Waals surface area contributed by atoms with Gasteiger partial charge in [0.05, 0.1) is 0 Å². The van der Waals surface area contributed by atoms with E-state index in [4.69, 9.17) is 0 Å². The van der Waals surface area contributed by atoms with Crippen molar-refractivity contribution >= 4 is 0 Å². The van der Waals surface area contributed by atoms with Gasteiger partial charge in [-0.25, -0.2) is 0 Å². The molecule has 0 fully saturated rings. The van der Waals surface area contributed by atoms with Crippen LogP contribution in [0.2, 0.25) is 0 Å². The summed E-state index contributed by atoms with van der Waals surface area (Å²) in [5.41, 5.74) is 2.52. The zero-order valence-corrected chi connectivity index (χ0v) is 7.85. The zero-order valence-electron chi connectivity index (χ0n) is 7.85. The highest BCUT2D eigenvalue weighted by atomic mass is 13.9. The maximum absolute atomic E-state index is 3.79. The summed E-state index contributed by atoms with van der Waals surface area (Å²) in [6.45, 7) is 10.1. The first-order valence-electron chi connectivity index (χ1n) is 4.08. The van der Waals surface area contributed by atoms with Crippen LogP contribution in [-0.2, 0) is 0 Å². The molecule has 0 heteroatoms. The minimum absolute atomic E-state index is 1.12. The third-order valence-electron chi connectivity index (χ3n) is 1.29. The molecule has 0 aliphatic heterocycles. The Bertz CT molecular complexity index is 166. The average Bonchev–Trinajstić information content (AvgIpc) is 1.85. The van der Waals surface area contributed by atoms with Gasteiger partial charge in [-0.2, -0.15) is 0 Å². The molecule has 0 radical (unpaired) electrons. The molecule has 0 rings (SSSR count). The summed E-state index contributed by atoms with van der Waals surface area (Å²) in [5.74, 6) is 0. The second-order valence-electron chi connectivity index (χ2n) is 3.11. The van der Waals surface area contributed by atoms with Gasteiger partial charge in [0.2, 0.25) is 0 Å². The van der Waals surface area contributed by atoms with Crippen molar-refractivity contribution in [2.75, 3.05) is 0 Å². The third kappa shape index (κ3) is 9.22. The molecule has 0 aromatic heterocycles. The van der Waals surface area contributed by atoms with Crippen LogP contribution in [0.5, 0.6) is 0 Å². The van der Waals surface area contributed by atoms with Crippen LogP contribution >= 0.6 is 0 Å². The second kappa shape index (κ2) is 5.96. The number of allylic oxidation sites excluding steroid dienone is 5. The van der Waals surface area contributed by atoms with Crippen LogP contribution in [0.3, 0.4) is 0 Å². The van der Waals surface area contributed by atoms with E-state index < -0.39 is 0 Å². The van der Waals surface area contributed by atoms with Gasteiger partial charge in [0.25, 0.3) is 0 Å². The van der Waals surface area contributed by atoms with Crippen molar-refractivity contribution in [1.82, 2.24) is 0 Å². The van der Waals surface area contributed by atoms with Crippen molar-refractivity contribution < 1.29 is 0 Å². The highest BCUT2D eigenvalue weighted by molar-refractivity contribution is 5.11. The molecule has 0 spiro atoms. The molecular weight excluding hydrogens is 132 g/mol. The number of hydrogen-bond donors (Lipinski definition) is 0. The van der Waals surface area contributed by atoms with Crippen LogP contribution in [0.1, 0.15) is 33.6 Å². The highest BCUT2D eigenvalue weighted by Gasteiger charge is 1.78. The summed E-state index contributed by atoms with van der Waals surface area (Å²) < 4.78 is 0. The molecule has 0 unspecified atom stereocenters. The molecule has 0 aliphatic carbocycles. The summed E-state index contributed by atoms with van der Waals surface area (Å²) in [6.07, 6.45) is 8.76. The minimum Gasteiger partial charge on any atom is -0.0961 e. The molecule has 62 valence electrons. The molecular formula is C11H18. The van der Waals surface area contributed by atoms with Gasteiger partial charge in [-0.3, -0.25) is 0 Å². The van der Waals surface area contributed by atoms with Crippen LogP contribution in [0.25, 0.3) is 0 Å². The molecule has 0 atom stereocenters. The van der Waals surface area contributed by atoms with E-state index in [1.807, 2.05) is 6.92 Å². The molecule has 0 saturated heterocycles. The van der Waals surface area contributed by atoms with Gasteiger partial charge in [-0.15, -0.1) is 0 Å². The van der Waals surface area contributed by atoms with Gasteiger partial charge in [0.15, 0.2) is 0 Å². The van der Waals surface area contributed by atoms with Gasteiger partial charge in [-0.1, -0.05) is 36.0 Å². The maximum atomic E-state index is 3.79. The highest BCUT2D eigenvalue weighted by Crippen LogP contribution is 1.99. The SMILES string of the molecule is C=C(C)C=CCCC=C(C)C. The Hall–Kier alpha value is -0.780. The lowest BCUT2D eigenvalue weighted by Crippen LogP contribution is -1.68. The van der Waals surface area contributed by atoms with E-state index in [2.05, 4.69) is 38.7 Å². The van der Waals surface area contributed by atoms with Crippen LogP contribution < -0.4 is 0 Å². The second-order valence-corrected chi connectivity index (χ2v) is 3.11. The van der Waals surface area contributed by atoms with E-state index >= 15 is 0 Å². The monoisotopic (exact) mass is 150 g/mol. The topological polar surface area (TPSA) is 0 Å². The van der Waals surface area contributed by atoms with Gasteiger partial charge >= 0.3 is 0 Å². The molecule has 0 N–H and O–H groups in total. The maximum Gasteiger partial charge on any atom is -0.0313 e. The molecule has 0 saturated carbocycles. The predicted octanol–water partition coefficient (Wildman–Crippen LogP) is 3.87. The summed E-state index contributed by atoms with van der Waals surface area (Å²) in [4.78, 5) is 0. The van der Waals surface area contributed by atoms with E-state index in [9.17, 15) is 0 Å². The molecule has 0 heterocycles. The Balaban J connectivity index is 3.42. The fourth-order valence-corrected chi connectivity index (χ4v) is 0.753. The summed E-state index contributed by atoms with van der Waals surface area (Å²) >= 11 is 0. The van der Waals surface area contributed by atoms with Crippen molar-refractivity contribution in [3.05, 3.63) is 36.0 Å². The van der Waals surface area contributed by atoms with Gasteiger partial charge in [0.1, 0.15) is 0 Å². The first-order valence-corrected chi connectivity index (χ1v) is 4.08. The van der Waals surface area contributed by atoms with E-state index in [0.717, 1.165) is 18.4 Å². The average molecular weight is 150 g/mol. The Kier molecular flexibility index (Phi) is 5.54. The Labute approximate surface area is 70.3 Å². The first-order chi connectivity index (χ1) is 5.13. The van der Waals surface area contributed by atoms with Gasteiger partial charge in [0, 0.05) is 0 Å². The van der Waals surface area contributed by atoms with Gasteiger partial charge < -0.3 is 0 Å².